The molecule has 2 aromatic carbocycles. The van der Waals surface area contributed by atoms with Crippen molar-refractivity contribution >= 4 is 21.4 Å². The summed E-state index contributed by atoms with van der Waals surface area (Å²) < 4.78 is 32.3. The van der Waals surface area contributed by atoms with Crippen molar-refractivity contribution in [3.05, 3.63) is 48.5 Å². The standard InChI is InChI=1S/C18H24N2O3S/c1-3-4-5-14-19-15-6-8-16(9-7-15)20-24(21,22)18-12-10-17(23-2)11-13-18/h6-13,19-20H,3-5,14H2,1-2H3. The smallest absolute Gasteiger partial charge is 0.261 e. The fraction of sp³-hybridized carbons (Fsp3) is 0.333. The fourth-order valence-electron chi connectivity index (χ4n) is 2.23. The lowest BCUT2D eigenvalue weighted by Crippen LogP contribution is -2.12. The lowest BCUT2D eigenvalue weighted by Gasteiger charge is -2.10. The van der Waals surface area contributed by atoms with Gasteiger partial charge in [0.2, 0.25) is 0 Å². The molecular weight excluding hydrogens is 324 g/mol. The van der Waals surface area contributed by atoms with Gasteiger partial charge >= 0.3 is 0 Å². The van der Waals surface area contributed by atoms with Crippen molar-refractivity contribution in [2.75, 3.05) is 23.7 Å². The first-order valence-electron chi connectivity index (χ1n) is 8.06. The van der Waals surface area contributed by atoms with E-state index < -0.39 is 10.0 Å². The van der Waals surface area contributed by atoms with Gasteiger partial charge in [-0.2, -0.15) is 0 Å². The van der Waals surface area contributed by atoms with Crippen LogP contribution in [-0.2, 0) is 10.0 Å². The van der Waals surface area contributed by atoms with Crippen molar-refractivity contribution in [2.24, 2.45) is 0 Å². The Balaban J connectivity index is 1.98. The summed E-state index contributed by atoms with van der Waals surface area (Å²) in [6.07, 6.45) is 3.52. The Morgan fingerprint density at radius 2 is 1.54 bits per heavy atom. The molecule has 0 fully saturated rings. The number of methoxy groups -OCH3 is 1. The van der Waals surface area contributed by atoms with Gasteiger partial charge in [-0.25, -0.2) is 8.42 Å². The van der Waals surface area contributed by atoms with Crippen molar-refractivity contribution < 1.29 is 13.2 Å². The van der Waals surface area contributed by atoms with Crippen LogP contribution < -0.4 is 14.8 Å². The van der Waals surface area contributed by atoms with Crippen LogP contribution in [0, 0.1) is 0 Å². The summed E-state index contributed by atoms with van der Waals surface area (Å²) in [5, 5.41) is 3.32. The number of benzene rings is 2. The maximum absolute atomic E-state index is 12.4. The second-order valence-corrected chi connectivity index (χ2v) is 7.17. The summed E-state index contributed by atoms with van der Waals surface area (Å²) in [7, 11) is -2.06. The average Bonchev–Trinajstić information content (AvgIpc) is 2.60. The number of rotatable bonds is 9. The Hall–Kier alpha value is -2.21. The van der Waals surface area contributed by atoms with Crippen LogP contribution in [-0.4, -0.2) is 22.1 Å². The molecule has 0 aromatic heterocycles. The molecule has 0 radical (unpaired) electrons. The third kappa shape index (κ3) is 5.16. The van der Waals surface area contributed by atoms with E-state index in [2.05, 4.69) is 17.0 Å². The second-order valence-electron chi connectivity index (χ2n) is 5.49. The number of hydrogen-bond acceptors (Lipinski definition) is 4. The van der Waals surface area contributed by atoms with E-state index in [1.165, 1.54) is 25.0 Å². The van der Waals surface area contributed by atoms with Gasteiger partial charge in [-0.3, -0.25) is 4.72 Å². The molecule has 2 N–H and O–H groups in total. The number of unbranched alkanes of at least 4 members (excludes halogenated alkanes) is 2. The van der Waals surface area contributed by atoms with Gasteiger partial charge in [0, 0.05) is 17.9 Å². The number of sulfonamides is 1. The quantitative estimate of drug-likeness (QED) is 0.670. The summed E-state index contributed by atoms with van der Waals surface area (Å²) in [5.41, 5.74) is 1.52. The van der Waals surface area contributed by atoms with Crippen LogP contribution in [0.5, 0.6) is 5.75 Å². The van der Waals surface area contributed by atoms with E-state index in [4.69, 9.17) is 4.74 Å². The molecule has 24 heavy (non-hydrogen) atoms. The molecule has 0 aliphatic heterocycles. The van der Waals surface area contributed by atoms with Crippen molar-refractivity contribution in [3.8, 4) is 5.75 Å². The first-order chi connectivity index (χ1) is 11.5. The molecule has 0 spiro atoms. The Labute approximate surface area is 144 Å². The maximum Gasteiger partial charge on any atom is 0.261 e. The molecule has 0 aliphatic carbocycles. The molecule has 0 unspecified atom stereocenters. The average molecular weight is 348 g/mol. The van der Waals surface area contributed by atoms with Crippen molar-refractivity contribution in [1.82, 2.24) is 0 Å². The van der Waals surface area contributed by atoms with Crippen LogP contribution in [0.25, 0.3) is 0 Å². The third-order valence-electron chi connectivity index (χ3n) is 3.62. The van der Waals surface area contributed by atoms with E-state index in [-0.39, 0.29) is 4.90 Å². The van der Waals surface area contributed by atoms with E-state index in [0.717, 1.165) is 18.7 Å². The number of nitrogens with one attached hydrogen (secondary N) is 2. The zero-order valence-corrected chi connectivity index (χ0v) is 14.9. The maximum atomic E-state index is 12.4. The molecule has 2 aromatic rings. The molecule has 130 valence electrons. The summed E-state index contributed by atoms with van der Waals surface area (Å²) in [6.45, 7) is 3.09. The molecule has 0 atom stereocenters. The minimum Gasteiger partial charge on any atom is -0.497 e. The van der Waals surface area contributed by atoms with Crippen LogP contribution in [0.4, 0.5) is 11.4 Å². The van der Waals surface area contributed by atoms with Crippen LogP contribution in [0.2, 0.25) is 0 Å². The van der Waals surface area contributed by atoms with Gasteiger partial charge in [-0.1, -0.05) is 19.8 Å². The van der Waals surface area contributed by atoms with Gasteiger partial charge < -0.3 is 10.1 Å². The number of ether oxygens (including phenoxy) is 1. The lowest BCUT2D eigenvalue weighted by molar-refractivity contribution is 0.414. The molecule has 0 aliphatic rings. The highest BCUT2D eigenvalue weighted by Crippen LogP contribution is 2.20. The molecule has 0 heterocycles. The van der Waals surface area contributed by atoms with Crippen molar-refractivity contribution in [3.63, 3.8) is 0 Å². The fourth-order valence-corrected chi connectivity index (χ4v) is 3.29. The van der Waals surface area contributed by atoms with Crippen LogP contribution in [0.1, 0.15) is 26.2 Å². The minimum absolute atomic E-state index is 0.199. The highest BCUT2D eigenvalue weighted by atomic mass is 32.2. The van der Waals surface area contributed by atoms with Crippen molar-refractivity contribution in [2.45, 2.75) is 31.1 Å². The molecule has 0 saturated carbocycles. The van der Waals surface area contributed by atoms with Crippen LogP contribution >= 0.6 is 0 Å². The highest BCUT2D eigenvalue weighted by Gasteiger charge is 2.14. The zero-order chi connectivity index (χ0) is 17.4. The number of anilines is 2. The van der Waals surface area contributed by atoms with Crippen LogP contribution in [0.15, 0.2) is 53.4 Å². The predicted octanol–water partition coefficient (Wildman–Crippen LogP) is 4.10. The van der Waals surface area contributed by atoms with E-state index in [1.54, 1.807) is 31.4 Å². The lowest BCUT2D eigenvalue weighted by atomic mass is 10.2. The second kappa shape index (κ2) is 8.59. The van der Waals surface area contributed by atoms with Gasteiger partial charge in [0.15, 0.2) is 0 Å². The monoisotopic (exact) mass is 348 g/mol. The topological polar surface area (TPSA) is 67.4 Å². The molecule has 0 bridgehead atoms. The zero-order valence-electron chi connectivity index (χ0n) is 14.1. The predicted molar refractivity (Wildman–Crippen MR) is 98.3 cm³/mol. The Bertz CT molecular complexity index is 726. The molecule has 0 amide bonds. The summed E-state index contributed by atoms with van der Waals surface area (Å²) >= 11 is 0. The summed E-state index contributed by atoms with van der Waals surface area (Å²) in [5.74, 6) is 0.618. The molecule has 6 heteroatoms. The van der Waals surface area contributed by atoms with E-state index in [1.807, 2.05) is 12.1 Å². The van der Waals surface area contributed by atoms with Gasteiger partial charge in [-0.15, -0.1) is 0 Å². The third-order valence-corrected chi connectivity index (χ3v) is 5.01. The number of hydrogen-bond donors (Lipinski definition) is 2. The van der Waals surface area contributed by atoms with Crippen molar-refractivity contribution in [1.29, 1.82) is 0 Å². The highest BCUT2D eigenvalue weighted by molar-refractivity contribution is 7.92. The molecule has 2 rings (SSSR count). The Morgan fingerprint density at radius 1 is 0.917 bits per heavy atom. The SMILES string of the molecule is CCCCCNc1ccc(NS(=O)(=O)c2ccc(OC)cc2)cc1. The summed E-state index contributed by atoms with van der Waals surface area (Å²) in [6, 6.07) is 13.5. The summed E-state index contributed by atoms with van der Waals surface area (Å²) in [4.78, 5) is 0.199. The molecule has 5 nitrogen and oxygen atoms in total. The molecule has 0 saturated heterocycles. The van der Waals surface area contributed by atoms with E-state index in [0.29, 0.717) is 11.4 Å². The van der Waals surface area contributed by atoms with Gasteiger partial charge in [0.05, 0.1) is 12.0 Å². The first kappa shape index (κ1) is 18.1. The Morgan fingerprint density at radius 3 is 2.12 bits per heavy atom. The van der Waals surface area contributed by atoms with Crippen LogP contribution in [0.3, 0.4) is 0 Å². The van der Waals surface area contributed by atoms with E-state index >= 15 is 0 Å². The van der Waals surface area contributed by atoms with E-state index in [9.17, 15) is 8.42 Å². The van der Waals surface area contributed by atoms with Gasteiger partial charge in [0.1, 0.15) is 5.75 Å². The van der Waals surface area contributed by atoms with Gasteiger partial charge in [-0.05, 0) is 55.0 Å². The largest absolute Gasteiger partial charge is 0.497 e. The minimum atomic E-state index is -3.60. The molecular formula is C18H24N2O3S. The Kier molecular flexibility index (Phi) is 6.49. The van der Waals surface area contributed by atoms with Gasteiger partial charge in [0.25, 0.3) is 10.0 Å². The normalized spacial score (nSPS) is 11.1. The first-order valence-corrected chi connectivity index (χ1v) is 9.54.